The molecule has 1 aromatic rings. The van der Waals surface area contributed by atoms with Gasteiger partial charge in [-0.15, -0.1) is 0 Å². The standard InChI is InChI=1S/C15H22N2O3/c1-5-10-7-6-8-11(9-10)16-14(20)17-12(13(18)19)15(2,3)4/h6-9,12H,5H2,1-4H3,(H,18,19)(H2,16,17,20). The zero-order chi connectivity index (χ0) is 15.3. The van der Waals surface area contributed by atoms with Gasteiger partial charge in [0.15, 0.2) is 0 Å². The summed E-state index contributed by atoms with van der Waals surface area (Å²) in [6.45, 7) is 7.33. The number of rotatable bonds is 4. The summed E-state index contributed by atoms with van der Waals surface area (Å²) < 4.78 is 0. The largest absolute Gasteiger partial charge is 0.480 e. The van der Waals surface area contributed by atoms with Crippen LogP contribution in [0.5, 0.6) is 0 Å². The number of carbonyl (C=O) groups excluding carboxylic acids is 1. The van der Waals surface area contributed by atoms with Crippen LogP contribution in [0.2, 0.25) is 0 Å². The highest BCUT2D eigenvalue weighted by Crippen LogP contribution is 2.19. The molecule has 20 heavy (non-hydrogen) atoms. The molecule has 0 fully saturated rings. The van der Waals surface area contributed by atoms with Crippen molar-refractivity contribution in [2.45, 2.75) is 40.2 Å². The van der Waals surface area contributed by atoms with Gasteiger partial charge in [0.1, 0.15) is 6.04 Å². The van der Waals surface area contributed by atoms with Crippen LogP contribution in [0.3, 0.4) is 0 Å². The predicted octanol–water partition coefficient (Wildman–Crippen LogP) is 2.87. The van der Waals surface area contributed by atoms with Gasteiger partial charge in [0.2, 0.25) is 0 Å². The fourth-order valence-corrected chi connectivity index (χ4v) is 1.82. The average Bonchev–Trinajstić information content (AvgIpc) is 2.34. The molecular weight excluding hydrogens is 256 g/mol. The number of benzene rings is 1. The number of carboxylic acids is 1. The number of carboxylic acid groups (broad SMARTS) is 1. The Labute approximate surface area is 119 Å². The highest BCUT2D eigenvalue weighted by molar-refractivity contribution is 5.92. The Morgan fingerprint density at radius 3 is 2.45 bits per heavy atom. The van der Waals surface area contributed by atoms with Crippen LogP contribution in [0.15, 0.2) is 24.3 Å². The van der Waals surface area contributed by atoms with Crippen molar-refractivity contribution in [3.8, 4) is 0 Å². The fourth-order valence-electron chi connectivity index (χ4n) is 1.82. The molecular formula is C15H22N2O3. The first-order valence-electron chi connectivity index (χ1n) is 6.63. The molecule has 1 atom stereocenters. The van der Waals surface area contributed by atoms with Gasteiger partial charge in [-0.1, -0.05) is 39.8 Å². The van der Waals surface area contributed by atoms with Crippen molar-refractivity contribution in [1.29, 1.82) is 0 Å². The first-order valence-corrected chi connectivity index (χ1v) is 6.63. The van der Waals surface area contributed by atoms with Gasteiger partial charge < -0.3 is 15.7 Å². The summed E-state index contributed by atoms with van der Waals surface area (Å²) in [4.78, 5) is 23.1. The van der Waals surface area contributed by atoms with Gasteiger partial charge in [-0.3, -0.25) is 0 Å². The smallest absolute Gasteiger partial charge is 0.326 e. The molecule has 0 aromatic heterocycles. The maximum atomic E-state index is 11.9. The van der Waals surface area contributed by atoms with E-state index in [1.807, 2.05) is 25.1 Å². The number of hydrogen-bond donors (Lipinski definition) is 3. The quantitative estimate of drug-likeness (QED) is 0.792. The van der Waals surface area contributed by atoms with E-state index >= 15 is 0 Å². The highest BCUT2D eigenvalue weighted by atomic mass is 16.4. The molecule has 0 aliphatic carbocycles. The molecule has 0 aliphatic heterocycles. The summed E-state index contributed by atoms with van der Waals surface area (Å²) in [5.74, 6) is -1.05. The second kappa shape index (κ2) is 6.41. The van der Waals surface area contributed by atoms with Crippen molar-refractivity contribution in [3.05, 3.63) is 29.8 Å². The van der Waals surface area contributed by atoms with Crippen LogP contribution in [0, 0.1) is 5.41 Å². The molecule has 1 unspecified atom stereocenters. The van der Waals surface area contributed by atoms with E-state index in [2.05, 4.69) is 10.6 Å². The third kappa shape index (κ3) is 4.57. The first kappa shape index (κ1) is 16.0. The van der Waals surface area contributed by atoms with Gasteiger partial charge in [-0.25, -0.2) is 9.59 Å². The molecule has 5 heteroatoms. The molecule has 3 N–H and O–H groups in total. The van der Waals surface area contributed by atoms with Crippen LogP contribution < -0.4 is 10.6 Å². The van der Waals surface area contributed by atoms with Crippen LogP contribution in [0.4, 0.5) is 10.5 Å². The molecule has 0 radical (unpaired) electrons. The van der Waals surface area contributed by atoms with E-state index in [4.69, 9.17) is 5.11 Å². The Hall–Kier alpha value is -2.04. The number of urea groups is 1. The minimum Gasteiger partial charge on any atom is -0.480 e. The maximum Gasteiger partial charge on any atom is 0.326 e. The van der Waals surface area contributed by atoms with E-state index in [0.29, 0.717) is 5.69 Å². The molecule has 0 aliphatic rings. The Morgan fingerprint density at radius 2 is 1.95 bits per heavy atom. The molecule has 0 saturated heterocycles. The van der Waals surface area contributed by atoms with Crippen molar-refractivity contribution in [2.24, 2.45) is 5.41 Å². The number of amides is 2. The van der Waals surface area contributed by atoms with Crippen molar-refractivity contribution >= 4 is 17.7 Å². The molecule has 110 valence electrons. The SMILES string of the molecule is CCc1cccc(NC(=O)NC(C(=O)O)C(C)(C)C)c1. The maximum absolute atomic E-state index is 11.9. The number of anilines is 1. The number of carbonyl (C=O) groups is 2. The van der Waals surface area contributed by atoms with Crippen LogP contribution in [-0.4, -0.2) is 23.1 Å². The second-order valence-electron chi connectivity index (χ2n) is 5.79. The van der Waals surface area contributed by atoms with Crippen LogP contribution in [0.25, 0.3) is 0 Å². The number of aliphatic carboxylic acids is 1. The normalized spacial score (nSPS) is 12.6. The topological polar surface area (TPSA) is 78.4 Å². The Bertz CT molecular complexity index is 492. The lowest BCUT2D eigenvalue weighted by atomic mass is 9.87. The van der Waals surface area contributed by atoms with Crippen molar-refractivity contribution < 1.29 is 14.7 Å². The Kier molecular flexibility index (Phi) is 5.13. The third-order valence-electron chi connectivity index (χ3n) is 2.98. The second-order valence-corrected chi connectivity index (χ2v) is 5.79. The van der Waals surface area contributed by atoms with Gasteiger partial charge in [-0.05, 0) is 29.5 Å². The van der Waals surface area contributed by atoms with Crippen molar-refractivity contribution in [3.63, 3.8) is 0 Å². The number of aryl methyl sites for hydroxylation is 1. The lowest BCUT2D eigenvalue weighted by molar-refractivity contribution is -0.141. The van der Waals surface area contributed by atoms with E-state index in [1.165, 1.54) is 0 Å². The minimum atomic E-state index is -1.05. The predicted molar refractivity (Wildman–Crippen MR) is 78.9 cm³/mol. The van der Waals surface area contributed by atoms with E-state index in [9.17, 15) is 9.59 Å². The third-order valence-corrected chi connectivity index (χ3v) is 2.98. The zero-order valence-electron chi connectivity index (χ0n) is 12.4. The van der Waals surface area contributed by atoms with Gasteiger partial charge in [0, 0.05) is 5.69 Å². The molecule has 0 bridgehead atoms. The van der Waals surface area contributed by atoms with Gasteiger partial charge >= 0.3 is 12.0 Å². The zero-order valence-corrected chi connectivity index (χ0v) is 12.4. The lowest BCUT2D eigenvalue weighted by Crippen LogP contribution is -2.50. The summed E-state index contributed by atoms with van der Waals surface area (Å²) >= 11 is 0. The number of nitrogens with one attached hydrogen (secondary N) is 2. The van der Waals surface area contributed by atoms with Crippen molar-refractivity contribution in [2.75, 3.05) is 5.32 Å². The average molecular weight is 278 g/mol. The molecule has 0 heterocycles. The molecule has 1 aromatic carbocycles. The summed E-state index contributed by atoms with van der Waals surface area (Å²) in [7, 11) is 0. The number of hydrogen-bond acceptors (Lipinski definition) is 2. The molecule has 0 saturated carbocycles. The highest BCUT2D eigenvalue weighted by Gasteiger charge is 2.32. The monoisotopic (exact) mass is 278 g/mol. The Morgan fingerprint density at radius 1 is 1.30 bits per heavy atom. The lowest BCUT2D eigenvalue weighted by Gasteiger charge is -2.27. The molecule has 2 amide bonds. The van der Waals surface area contributed by atoms with Crippen LogP contribution >= 0.6 is 0 Å². The van der Waals surface area contributed by atoms with Gasteiger partial charge in [0.05, 0.1) is 0 Å². The van der Waals surface area contributed by atoms with E-state index in [1.54, 1.807) is 26.8 Å². The molecule has 0 spiro atoms. The summed E-state index contributed by atoms with van der Waals surface area (Å²) in [5.41, 5.74) is 1.20. The van der Waals surface area contributed by atoms with Crippen LogP contribution in [-0.2, 0) is 11.2 Å². The first-order chi connectivity index (χ1) is 9.24. The fraction of sp³-hybridized carbons (Fsp3) is 0.467. The molecule has 5 nitrogen and oxygen atoms in total. The summed E-state index contributed by atoms with van der Waals surface area (Å²) in [6.07, 6.45) is 0.872. The van der Waals surface area contributed by atoms with Gasteiger partial charge in [0.25, 0.3) is 0 Å². The molecule has 1 rings (SSSR count). The summed E-state index contributed by atoms with van der Waals surface area (Å²) in [6, 6.07) is 6.00. The van der Waals surface area contributed by atoms with E-state index < -0.39 is 23.5 Å². The van der Waals surface area contributed by atoms with Crippen molar-refractivity contribution in [1.82, 2.24) is 5.32 Å². The Balaban J connectivity index is 2.73. The van der Waals surface area contributed by atoms with Crippen LogP contribution in [0.1, 0.15) is 33.3 Å². The summed E-state index contributed by atoms with van der Waals surface area (Å²) in [5, 5.41) is 14.3. The van der Waals surface area contributed by atoms with E-state index in [-0.39, 0.29) is 0 Å². The van der Waals surface area contributed by atoms with E-state index in [0.717, 1.165) is 12.0 Å². The van der Waals surface area contributed by atoms with Gasteiger partial charge in [-0.2, -0.15) is 0 Å². The minimum absolute atomic E-state index is 0.513.